The summed E-state index contributed by atoms with van der Waals surface area (Å²) in [4.78, 5) is 14.7. The van der Waals surface area contributed by atoms with Crippen molar-refractivity contribution in [2.24, 2.45) is 7.05 Å². The zero-order chi connectivity index (χ0) is 24.5. The summed E-state index contributed by atoms with van der Waals surface area (Å²) in [6.45, 7) is 1.69. The van der Waals surface area contributed by atoms with Crippen LogP contribution in [0.1, 0.15) is 64.7 Å². The van der Waals surface area contributed by atoms with Crippen LogP contribution in [0.15, 0.2) is 12.1 Å². The van der Waals surface area contributed by atoms with Crippen LogP contribution in [0.25, 0.3) is 11.3 Å². The molecule has 0 unspecified atom stereocenters. The molecule has 1 fully saturated rings. The number of hydrogen-bond donors (Lipinski definition) is 1. The normalized spacial score (nSPS) is 18.4. The molecule has 2 aliphatic rings. The van der Waals surface area contributed by atoms with Crippen LogP contribution in [0.5, 0.6) is 0 Å². The fraction of sp³-hybridized carbons (Fsp3) is 0.409. The molecule has 5 rings (SSSR count). The van der Waals surface area contributed by atoms with Gasteiger partial charge in [0.1, 0.15) is 0 Å². The first-order chi connectivity index (χ1) is 16.0. The summed E-state index contributed by atoms with van der Waals surface area (Å²) in [5.74, 6) is -5.25. The molecule has 0 saturated heterocycles. The van der Waals surface area contributed by atoms with Gasteiger partial charge in [-0.25, -0.2) is 13.2 Å². The molecule has 1 N–H and O–H groups in total. The van der Waals surface area contributed by atoms with E-state index in [4.69, 9.17) is 0 Å². The number of aromatic amines is 1. The molecule has 0 radical (unpaired) electrons. The number of aryl methyl sites for hydroxylation is 1. The van der Waals surface area contributed by atoms with E-state index in [1.807, 2.05) is 0 Å². The number of benzene rings is 1. The topological polar surface area (TPSA) is 66.8 Å². The summed E-state index contributed by atoms with van der Waals surface area (Å²) in [6.07, 6.45) is -3.26. The summed E-state index contributed by atoms with van der Waals surface area (Å²) in [5.41, 5.74) is -0.105. The van der Waals surface area contributed by atoms with Crippen molar-refractivity contribution in [3.63, 3.8) is 0 Å². The molecule has 0 bridgehead atoms. The summed E-state index contributed by atoms with van der Waals surface area (Å²) in [7, 11) is 1.54. The highest BCUT2D eigenvalue weighted by atomic mass is 19.4. The van der Waals surface area contributed by atoms with Crippen molar-refractivity contribution in [2.45, 2.75) is 44.3 Å². The van der Waals surface area contributed by atoms with Gasteiger partial charge in [-0.05, 0) is 38.3 Å². The maximum Gasteiger partial charge on any atom is 0.435 e. The van der Waals surface area contributed by atoms with Crippen LogP contribution >= 0.6 is 0 Å². The highest BCUT2D eigenvalue weighted by Gasteiger charge is 2.45. The minimum atomic E-state index is -4.80. The fourth-order valence-corrected chi connectivity index (χ4v) is 4.66. The molecule has 6 nitrogen and oxygen atoms in total. The Kier molecular flexibility index (Phi) is 5.03. The third-order valence-electron chi connectivity index (χ3n) is 6.42. The van der Waals surface area contributed by atoms with E-state index in [1.54, 1.807) is 6.92 Å². The Morgan fingerprint density at radius 1 is 1.15 bits per heavy atom. The lowest BCUT2D eigenvalue weighted by atomic mass is 9.94. The van der Waals surface area contributed by atoms with E-state index >= 15 is 0 Å². The number of fused-ring (bicyclic) bond motifs is 1. The molecule has 1 aliphatic carbocycles. The minimum absolute atomic E-state index is 0.0600. The van der Waals surface area contributed by atoms with Crippen LogP contribution < -0.4 is 0 Å². The zero-order valence-electron chi connectivity index (χ0n) is 18.1. The number of nitrogens with zero attached hydrogens (tertiary/aromatic N) is 4. The molecule has 1 saturated carbocycles. The number of aromatic nitrogens is 4. The predicted octanol–water partition coefficient (Wildman–Crippen LogP) is 4.88. The number of H-pyrrole nitrogens is 1. The van der Waals surface area contributed by atoms with Gasteiger partial charge in [-0.2, -0.15) is 23.4 Å². The third-order valence-corrected chi connectivity index (χ3v) is 6.42. The van der Waals surface area contributed by atoms with E-state index in [0.29, 0.717) is 29.8 Å². The van der Waals surface area contributed by atoms with E-state index in [9.17, 15) is 31.1 Å². The first-order valence-electron chi connectivity index (χ1n) is 10.7. The molecule has 3 aromatic rings. The Hall–Kier alpha value is -3.31. The molecule has 1 aromatic carbocycles. The maximum absolute atomic E-state index is 13.8. The molecule has 1 aliphatic heterocycles. The van der Waals surface area contributed by atoms with Gasteiger partial charge < -0.3 is 4.90 Å². The van der Waals surface area contributed by atoms with Crippen molar-refractivity contribution in [2.75, 3.05) is 6.54 Å². The first-order valence-corrected chi connectivity index (χ1v) is 10.7. The second-order valence-electron chi connectivity index (χ2n) is 8.65. The lowest BCUT2D eigenvalue weighted by molar-refractivity contribution is -0.141. The number of amides is 1. The standard InChI is InChI=1S/C22H19F6N5O/c1-9-17-12(19(32(2)31-17)11-7-13(23)16(25)14(24)8-11)5-6-33(9)21(34)15-18(10-3-4-10)29-30-20(15)22(26,27)28/h7-10H,3-6H2,1-2H3,(H,29,30)/t9-/m0/s1. The molecule has 12 heteroatoms. The van der Waals surface area contributed by atoms with Gasteiger partial charge in [0, 0.05) is 30.6 Å². The van der Waals surface area contributed by atoms with E-state index < -0.39 is 46.8 Å². The number of alkyl halides is 3. The van der Waals surface area contributed by atoms with Crippen LogP contribution in [0.4, 0.5) is 26.3 Å². The summed E-state index contributed by atoms with van der Waals surface area (Å²) in [5, 5.41) is 10.2. The Balaban J connectivity index is 1.53. The molecule has 1 amide bonds. The quantitative estimate of drug-likeness (QED) is 0.427. The summed E-state index contributed by atoms with van der Waals surface area (Å²) >= 11 is 0. The Morgan fingerprint density at radius 2 is 1.79 bits per heavy atom. The summed E-state index contributed by atoms with van der Waals surface area (Å²) < 4.78 is 83.3. The Labute approximate surface area is 189 Å². The molecule has 0 spiro atoms. The molecule has 180 valence electrons. The third kappa shape index (κ3) is 3.46. The average Bonchev–Trinajstić information content (AvgIpc) is 3.40. The van der Waals surface area contributed by atoms with E-state index in [0.717, 1.165) is 12.1 Å². The van der Waals surface area contributed by atoms with Gasteiger partial charge >= 0.3 is 6.18 Å². The lowest BCUT2D eigenvalue weighted by Crippen LogP contribution is -2.40. The molecule has 1 atom stereocenters. The Bertz CT molecular complexity index is 1280. The molecular formula is C22H19F6N5O. The fourth-order valence-electron chi connectivity index (χ4n) is 4.66. The van der Waals surface area contributed by atoms with Crippen molar-refractivity contribution in [3.8, 4) is 11.3 Å². The van der Waals surface area contributed by atoms with Crippen molar-refractivity contribution >= 4 is 5.91 Å². The number of carbonyl (C=O) groups excluding carboxylic acids is 1. The lowest BCUT2D eigenvalue weighted by Gasteiger charge is -2.33. The number of nitrogens with one attached hydrogen (secondary N) is 1. The van der Waals surface area contributed by atoms with E-state index in [-0.39, 0.29) is 30.1 Å². The minimum Gasteiger partial charge on any atom is -0.330 e. The number of rotatable bonds is 3. The molecular weight excluding hydrogens is 464 g/mol. The van der Waals surface area contributed by atoms with Crippen LogP contribution in [-0.4, -0.2) is 37.3 Å². The predicted molar refractivity (Wildman–Crippen MR) is 107 cm³/mol. The van der Waals surface area contributed by atoms with Gasteiger partial charge in [0.25, 0.3) is 5.91 Å². The van der Waals surface area contributed by atoms with Gasteiger partial charge in [-0.1, -0.05) is 0 Å². The van der Waals surface area contributed by atoms with E-state index in [1.165, 1.54) is 16.6 Å². The second kappa shape index (κ2) is 7.60. The maximum atomic E-state index is 13.8. The molecule has 3 heterocycles. The van der Waals surface area contributed by atoms with Crippen LogP contribution in [0.3, 0.4) is 0 Å². The first kappa shape index (κ1) is 22.5. The van der Waals surface area contributed by atoms with Gasteiger partial charge in [-0.15, -0.1) is 0 Å². The average molecular weight is 483 g/mol. The molecule has 34 heavy (non-hydrogen) atoms. The van der Waals surface area contributed by atoms with Gasteiger partial charge in [-0.3, -0.25) is 14.6 Å². The van der Waals surface area contributed by atoms with Gasteiger partial charge in [0.2, 0.25) is 0 Å². The van der Waals surface area contributed by atoms with Gasteiger partial charge in [0.15, 0.2) is 23.1 Å². The smallest absolute Gasteiger partial charge is 0.330 e. The van der Waals surface area contributed by atoms with Crippen molar-refractivity contribution in [3.05, 3.63) is 57.8 Å². The highest BCUT2D eigenvalue weighted by molar-refractivity contribution is 5.97. The molecule has 2 aromatic heterocycles. The highest BCUT2D eigenvalue weighted by Crippen LogP contribution is 2.45. The van der Waals surface area contributed by atoms with Crippen LogP contribution in [0.2, 0.25) is 0 Å². The van der Waals surface area contributed by atoms with Gasteiger partial charge in [0.05, 0.1) is 28.7 Å². The van der Waals surface area contributed by atoms with Crippen molar-refractivity contribution in [1.29, 1.82) is 0 Å². The zero-order valence-corrected chi connectivity index (χ0v) is 18.1. The summed E-state index contributed by atoms with van der Waals surface area (Å²) in [6, 6.07) is 1.01. The van der Waals surface area contributed by atoms with Crippen LogP contribution in [-0.2, 0) is 19.6 Å². The monoisotopic (exact) mass is 483 g/mol. The van der Waals surface area contributed by atoms with E-state index in [2.05, 4.69) is 15.3 Å². The SMILES string of the molecule is C[C@H]1c2nn(C)c(-c3cc(F)c(F)c(F)c3)c2CCN1C(=O)c1c(C(F)(F)F)n[nH]c1C1CC1. The van der Waals surface area contributed by atoms with Crippen LogP contribution in [0, 0.1) is 17.5 Å². The largest absolute Gasteiger partial charge is 0.435 e. The number of carbonyl (C=O) groups is 1. The van der Waals surface area contributed by atoms with Crippen molar-refractivity contribution < 1.29 is 31.1 Å². The number of halogens is 6. The van der Waals surface area contributed by atoms with Crippen molar-refractivity contribution in [1.82, 2.24) is 24.9 Å². The second-order valence-corrected chi connectivity index (χ2v) is 8.65. The number of hydrogen-bond acceptors (Lipinski definition) is 3. The Morgan fingerprint density at radius 3 is 2.38 bits per heavy atom.